The zero-order chi connectivity index (χ0) is 19.0. The first-order chi connectivity index (χ1) is 11.8. The molecule has 0 saturated heterocycles. The number of nitrogens with one attached hydrogen (secondary N) is 1. The predicted molar refractivity (Wildman–Crippen MR) is 98.0 cm³/mol. The highest BCUT2D eigenvalue weighted by Gasteiger charge is 2.19. The number of aromatic nitrogens is 2. The number of carbonyl (C=O) groups excluding carboxylic acids is 1. The number of hydrogen-bond donors (Lipinski definition) is 2. The van der Waals surface area contributed by atoms with E-state index < -0.39 is 11.2 Å². The van der Waals surface area contributed by atoms with Crippen LogP contribution in [0.1, 0.15) is 26.2 Å². The maximum absolute atomic E-state index is 12.3. The molecule has 142 valence electrons. The van der Waals surface area contributed by atoms with E-state index in [4.69, 9.17) is 10.5 Å². The van der Waals surface area contributed by atoms with Crippen LogP contribution in [-0.4, -0.2) is 61.3 Å². The maximum atomic E-state index is 12.3. The molecule has 0 radical (unpaired) electrons. The molecule has 0 aliphatic rings. The highest BCUT2D eigenvalue weighted by atomic mass is 16.5. The number of unbranched alkanes of at least 4 members (excludes halogenated alkanes) is 1. The first kappa shape index (κ1) is 20.8. The van der Waals surface area contributed by atoms with Crippen LogP contribution in [0.15, 0.2) is 9.59 Å². The Morgan fingerprint density at radius 1 is 1.28 bits per heavy atom. The Hall–Kier alpha value is -2.29. The summed E-state index contributed by atoms with van der Waals surface area (Å²) in [6, 6.07) is 0. The second-order valence-electron chi connectivity index (χ2n) is 6.02. The van der Waals surface area contributed by atoms with Crippen molar-refractivity contribution in [3.63, 3.8) is 0 Å². The van der Waals surface area contributed by atoms with Crippen LogP contribution in [-0.2, 0) is 16.1 Å². The second-order valence-corrected chi connectivity index (χ2v) is 6.02. The zero-order valence-corrected chi connectivity index (χ0v) is 15.5. The van der Waals surface area contributed by atoms with E-state index in [-0.39, 0.29) is 23.8 Å². The monoisotopic (exact) mass is 355 g/mol. The van der Waals surface area contributed by atoms with Gasteiger partial charge in [0.1, 0.15) is 11.5 Å². The molecule has 9 heteroatoms. The van der Waals surface area contributed by atoms with Gasteiger partial charge in [-0.3, -0.25) is 19.1 Å². The molecule has 0 aliphatic carbocycles. The molecule has 1 aromatic rings. The van der Waals surface area contributed by atoms with E-state index in [9.17, 15) is 14.4 Å². The van der Waals surface area contributed by atoms with Crippen LogP contribution in [0, 0.1) is 0 Å². The topological polar surface area (TPSA) is 114 Å². The number of anilines is 2. The summed E-state index contributed by atoms with van der Waals surface area (Å²) in [6.45, 7) is 3.49. The molecule has 0 aromatic carbocycles. The summed E-state index contributed by atoms with van der Waals surface area (Å²) in [7, 11) is 4.90. The lowest BCUT2D eigenvalue weighted by Gasteiger charge is -2.26. The summed E-state index contributed by atoms with van der Waals surface area (Å²) in [4.78, 5) is 41.8. The normalized spacial score (nSPS) is 10.7. The molecule has 3 N–H and O–H groups in total. The van der Waals surface area contributed by atoms with Gasteiger partial charge in [-0.25, -0.2) is 4.79 Å². The minimum absolute atomic E-state index is 0.0586. The molecule has 9 nitrogen and oxygen atoms in total. The van der Waals surface area contributed by atoms with Gasteiger partial charge in [0, 0.05) is 47.3 Å². The van der Waals surface area contributed by atoms with Gasteiger partial charge in [0.05, 0.1) is 6.61 Å². The van der Waals surface area contributed by atoms with Crippen LogP contribution >= 0.6 is 0 Å². The van der Waals surface area contributed by atoms with Crippen LogP contribution in [0.4, 0.5) is 11.5 Å². The molecule has 25 heavy (non-hydrogen) atoms. The zero-order valence-electron chi connectivity index (χ0n) is 15.5. The molecular weight excluding hydrogens is 326 g/mol. The summed E-state index contributed by atoms with van der Waals surface area (Å²) < 4.78 is 6.46. The lowest BCUT2D eigenvalue weighted by atomic mass is 10.3. The summed E-state index contributed by atoms with van der Waals surface area (Å²) >= 11 is 0. The lowest BCUT2D eigenvalue weighted by molar-refractivity contribution is -0.128. The third kappa shape index (κ3) is 5.63. The molecule has 0 bridgehead atoms. The molecule has 0 aliphatic heterocycles. The van der Waals surface area contributed by atoms with Crippen molar-refractivity contribution in [3.05, 3.63) is 20.8 Å². The van der Waals surface area contributed by atoms with E-state index in [1.165, 1.54) is 9.47 Å². The smallest absolute Gasteiger partial charge is 0.330 e. The minimum Gasteiger partial charge on any atom is -0.383 e. The summed E-state index contributed by atoms with van der Waals surface area (Å²) in [5.41, 5.74) is 5.27. The Bertz CT molecular complexity index is 680. The minimum atomic E-state index is -0.552. The van der Waals surface area contributed by atoms with E-state index in [1.807, 2.05) is 6.92 Å². The van der Waals surface area contributed by atoms with Crippen molar-refractivity contribution in [2.45, 2.75) is 32.7 Å². The Morgan fingerprint density at radius 2 is 1.96 bits per heavy atom. The number of nitrogen functional groups attached to an aromatic ring is 1. The Balaban J connectivity index is 3.21. The number of H-pyrrole nitrogens is 1. The summed E-state index contributed by atoms with van der Waals surface area (Å²) in [5, 5.41) is 0. The van der Waals surface area contributed by atoms with Gasteiger partial charge in [-0.05, 0) is 6.42 Å². The van der Waals surface area contributed by atoms with Gasteiger partial charge < -0.3 is 20.3 Å². The lowest BCUT2D eigenvalue weighted by Crippen LogP contribution is -2.41. The van der Waals surface area contributed by atoms with E-state index >= 15 is 0 Å². The number of amides is 1. The van der Waals surface area contributed by atoms with Gasteiger partial charge in [-0.2, -0.15) is 0 Å². The average molecular weight is 355 g/mol. The number of aromatic amines is 1. The molecular formula is C16H29N5O4. The molecule has 0 atom stereocenters. The number of ether oxygens (including phenoxy) is 1. The molecule has 0 spiro atoms. The van der Waals surface area contributed by atoms with Gasteiger partial charge in [-0.15, -0.1) is 0 Å². The molecule has 1 heterocycles. The second kappa shape index (κ2) is 9.87. The van der Waals surface area contributed by atoms with Crippen molar-refractivity contribution in [2.75, 3.05) is 51.5 Å². The van der Waals surface area contributed by atoms with E-state index in [0.717, 1.165) is 12.8 Å². The fourth-order valence-corrected chi connectivity index (χ4v) is 2.41. The van der Waals surface area contributed by atoms with Gasteiger partial charge >= 0.3 is 5.69 Å². The molecule has 1 amide bonds. The quantitative estimate of drug-likeness (QED) is 0.603. The van der Waals surface area contributed by atoms with Crippen molar-refractivity contribution in [1.82, 2.24) is 14.5 Å². The van der Waals surface area contributed by atoms with Crippen molar-refractivity contribution < 1.29 is 9.53 Å². The standard InChI is InChI=1S/C16H29N5O4/c1-5-6-8-21-14(17)13(15(23)18-16(21)24)20(10-11-25-4)9-7-12(22)19(2)3/h5-11,17H2,1-4H3,(H,18,23,24). The Labute approximate surface area is 147 Å². The van der Waals surface area contributed by atoms with Gasteiger partial charge in [0.15, 0.2) is 0 Å². The molecule has 1 rings (SSSR count). The van der Waals surface area contributed by atoms with Crippen molar-refractivity contribution >= 4 is 17.4 Å². The molecule has 0 saturated carbocycles. The number of methoxy groups -OCH3 is 1. The fourth-order valence-electron chi connectivity index (χ4n) is 2.41. The Morgan fingerprint density at radius 3 is 2.52 bits per heavy atom. The van der Waals surface area contributed by atoms with Crippen LogP contribution in [0.5, 0.6) is 0 Å². The Kier molecular flexibility index (Phi) is 8.20. The largest absolute Gasteiger partial charge is 0.383 e. The van der Waals surface area contributed by atoms with Crippen molar-refractivity contribution in [1.29, 1.82) is 0 Å². The third-order valence-electron chi connectivity index (χ3n) is 3.93. The van der Waals surface area contributed by atoms with Gasteiger partial charge in [-0.1, -0.05) is 13.3 Å². The predicted octanol–water partition coefficient (Wildman–Crippen LogP) is -0.150. The summed E-state index contributed by atoms with van der Waals surface area (Å²) in [5.74, 6) is 0.0623. The number of hydrogen-bond acceptors (Lipinski definition) is 6. The fraction of sp³-hybridized carbons (Fsp3) is 0.688. The molecule has 1 aromatic heterocycles. The van der Waals surface area contributed by atoms with Crippen LogP contribution in [0.2, 0.25) is 0 Å². The average Bonchev–Trinajstić information content (AvgIpc) is 2.55. The van der Waals surface area contributed by atoms with Crippen LogP contribution in [0.3, 0.4) is 0 Å². The van der Waals surface area contributed by atoms with Crippen LogP contribution in [0.25, 0.3) is 0 Å². The van der Waals surface area contributed by atoms with Crippen molar-refractivity contribution in [3.8, 4) is 0 Å². The van der Waals surface area contributed by atoms with E-state index in [0.29, 0.717) is 26.2 Å². The highest BCUT2D eigenvalue weighted by Crippen LogP contribution is 2.17. The van der Waals surface area contributed by atoms with Crippen molar-refractivity contribution in [2.24, 2.45) is 0 Å². The maximum Gasteiger partial charge on any atom is 0.330 e. The third-order valence-corrected chi connectivity index (χ3v) is 3.93. The molecule has 0 fully saturated rings. The molecule has 0 unspecified atom stereocenters. The number of nitrogens with two attached hydrogens (primary N) is 1. The first-order valence-electron chi connectivity index (χ1n) is 8.40. The highest BCUT2D eigenvalue weighted by molar-refractivity contribution is 5.76. The van der Waals surface area contributed by atoms with E-state index in [2.05, 4.69) is 4.98 Å². The SMILES string of the molecule is CCCCn1c(N)c(N(CCOC)CCC(=O)N(C)C)c(=O)[nH]c1=O. The van der Waals surface area contributed by atoms with Crippen LogP contribution < -0.4 is 21.9 Å². The number of carbonyl (C=O) groups is 1. The number of rotatable bonds is 10. The van der Waals surface area contributed by atoms with Gasteiger partial charge in [0.25, 0.3) is 5.56 Å². The first-order valence-corrected chi connectivity index (χ1v) is 8.40. The summed E-state index contributed by atoms with van der Waals surface area (Å²) in [6.07, 6.45) is 1.89. The van der Waals surface area contributed by atoms with Gasteiger partial charge in [0.2, 0.25) is 5.91 Å². The van der Waals surface area contributed by atoms with E-state index in [1.54, 1.807) is 26.1 Å². The number of nitrogens with zero attached hydrogens (tertiary/aromatic N) is 3.